The second kappa shape index (κ2) is 6.21. The normalized spacial score (nSPS) is 10.2. The van der Waals surface area contributed by atoms with E-state index >= 15 is 0 Å². The number of hydrogen-bond acceptors (Lipinski definition) is 2. The molecule has 3 nitrogen and oxygen atoms in total. The van der Waals surface area contributed by atoms with Crippen LogP contribution in [0.1, 0.15) is 5.56 Å². The molecule has 18 heavy (non-hydrogen) atoms. The van der Waals surface area contributed by atoms with Crippen LogP contribution >= 0.6 is 12.2 Å². The average Bonchev–Trinajstić information content (AvgIpc) is 2.80. The number of nitrogens with one attached hydrogen (secondary N) is 2. The van der Waals surface area contributed by atoms with Gasteiger partial charge in [-0.3, -0.25) is 0 Å². The highest BCUT2D eigenvalue weighted by Crippen LogP contribution is 2.20. The fourth-order valence-corrected chi connectivity index (χ4v) is 1.95. The lowest BCUT2D eigenvalue weighted by atomic mass is 10.1. The zero-order valence-corrected chi connectivity index (χ0v) is 10.9. The fourth-order valence-electron chi connectivity index (χ4n) is 1.76. The van der Waals surface area contributed by atoms with E-state index in [-0.39, 0.29) is 0 Å². The van der Waals surface area contributed by atoms with E-state index in [0.29, 0.717) is 11.7 Å². The zero-order valence-electron chi connectivity index (χ0n) is 10.1. The van der Waals surface area contributed by atoms with Gasteiger partial charge in [0.1, 0.15) is 5.58 Å². The van der Waals surface area contributed by atoms with Crippen LogP contribution in [0.15, 0.2) is 47.6 Å². The minimum Gasteiger partial charge on any atom is -0.464 e. The lowest BCUT2D eigenvalue weighted by Gasteiger charge is -2.07. The molecule has 0 aliphatic rings. The number of para-hydroxylation sites is 1. The highest BCUT2D eigenvalue weighted by Gasteiger charge is 2.04. The molecule has 0 aliphatic heterocycles. The van der Waals surface area contributed by atoms with E-state index in [2.05, 4.69) is 23.3 Å². The van der Waals surface area contributed by atoms with E-state index in [0.717, 1.165) is 18.5 Å². The first kappa shape index (κ1) is 12.6. The van der Waals surface area contributed by atoms with Crippen molar-refractivity contribution in [2.75, 3.05) is 13.1 Å². The first-order chi connectivity index (χ1) is 8.81. The maximum atomic E-state index is 5.48. The largest absolute Gasteiger partial charge is 0.464 e. The van der Waals surface area contributed by atoms with E-state index in [1.165, 1.54) is 10.9 Å². The molecule has 4 heteroatoms. The van der Waals surface area contributed by atoms with E-state index in [4.69, 9.17) is 16.6 Å². The van der Waals surface area contributed by atoms with Crippen molar-refractivity contribution < 1.29 is 4.42 Å². The van der Waals surface area contributed by atoms with Gasteiger partial charge >= 0.3 is 0 Å². The molecule has 0 radical (unpaired) electrons. The zero-order chi connectivity index (χ0) is 12.8. The van der Waals surface area contributed by atoms with Crippen molar-refractivity contribution in [2.45, 2.75) is 6.42 Å². The standard InChI is InChI=1S/C14H16N2OS/c1-2-8-15-14(18)16-9-7-11-10-17-13-6-4-3-5-12(11)13/h2-6,10H,1,7-9H2,(H2,15,16,18). The van der Waals surface area contributed by atoms with Crippen molar-refractivity contribution in [1.29, 1.82) is 0 Å². The van der Waals surface area contributed by atoms with Crippen molar-refractivity contribution in [3.63, 3.8) is 0 Å². The van der Waals surface area contributed by atoms with Crippen LogP contribution in [-0.4, -0.2) is 18.2 Å². The SMILES string of the molecule is C=CCNC(=S)NCCc1coc2ccccc12. The van der Waals surface area contributed by atoms with Crippen LogP contribution in [0, 0.1) is 0 Å². The summed E-state index contributed by atoms with van der Waals surface area (Å²) in [6, 6.07) is 8.04. The summed E-state index contributed by atoms with van der Waals surface area (Å²) in [5.74, 6) is 0. The maximum absolute atomic E-state index is 5.48. The first-order valence-electron chi connectivity index (χ1n) is 5.89. The fraction of sp³-hybridized carbons (Fsp3) is 0.214. The van der Waals surface area contributed by atoms with Crippen LogP contribution in [0.3, 0.4) is 0 Å². The van der Waals surface area contributed by atoms with Gasteiger partial charge in [0.05, 0.1) is 6.26 Å². The maximum Gasteiger partial charge on any atom is 0.166 e. The van der Waals surface area contributed by atoms with Crippen LogP contribution in [0.5, 0.6) is 0 Å². The molecule has 0 unspecified atom stereocenters. The van der Waals surface area contributed by atoms with Gasteiger partial charge in [0.2, 0.25) is 0 Å². The summed E-state index contributed by atoms with van der Waals surface area (Å²) in [7, 11) is 0. The molecule has 2 N–H and O–H groups in total. The second-order valence-electron chi connectivity index (χ2n) is 3.93. The van der Waals surface area contributed by atoms with Crippen molar-refractivity contribution in [1.82, 2.24) is 10.6 Å². The van der Waals surface area contributed by atoms with E-state index < -0.39 is 0 Å². The minimum absolute atomic E-state index is 0.655. The van der Waals surface area contributed by atoms with Crippen molar-refractivity contribution >= 4 is 28.3 Å². The number of fused-ring (bicyclic) bond motifs is 1. The van der Waals surface area contributed by atoms with Gasteiger partial charge in [-0.25, -0.2) is 0 Å². The Bertz CT molecular complexity index is 547. The Morgan fingerprint density at radius 3 is 3.00 bits per heavy atom. The Labute approximate surface area is 112 Å². The number of benzene rings is 1. The van der Waals surface area contributed by atoms with Gasteiger partial charge in [-0.05, 0) is 30.3 Å². The Morgan fingerprint density at radius 1 is 1.33 bits per heavy atom. The van der Waals surface area contributed by atoms with Gasteiger partial charge in [-0.2, -0.15) is 0 Å². The highest BCUT2D eigenvalue weighted by atomic mass is 32.1. The lowest BCUT2D eigenvalue weighted by Crippen LogP contribution is -2.36. The van der Waals surface area contributed by atoms with Gasteiger partial charge in [0.25, 0.3) is 0 Å². The third-order valence-electron chi connectivity index (χ3n) is 2.65. The summed E-state index contributed by atoms with van der Waals surface area (Å²) in [5, 5.41) is 8.01. The molecular formula is C14H16N2OS. The molecule has 0 atom stereocenters. The molecule has 0 saturated carbocycles. The molecule has 1 heterocycles. The molecule has 0 amide bonds. The molecule has 0 bridgehead atoms. The van der Waals surface area contributed by atoms with Gasteiger partial charge in [0, 0.05) is 18.5 Å². The third kappa shape index (κ3) is 3.11. The highest BCUT2D eigenvalue weighted by molar-refractivity contribution is 7.80. The Morgan fingerprint density at radius 2 is 2.17 bits per heavy atom. The van der Waals surface area contributed by atoms with Crippen molar-refractivity contribution in [2.24, 2.45) is 0 Å². The molecule has 94 valence electrons. The molecule has 2 aromatic rings. The number of furan rings is 1. The second-order valence-corrected chi connectivity index (χ2v) is 4.34. The molecule has 0 fully saturated rings. The van der Waals surface area contributed by atoms with Crippen LogP contribution < -0.4 is 10.6 Å². The summed E-state index contributed by atoms with van der Waals surface area (Å²) < 4.78 is 5.48. The average molecular weight is 260 g/mol. The van der Waals surface area contributed by atoms with Crippen LogP contribution in [0.4, 0.5) is 0 Å². The summed E-state index contributed by atoms with van der Waals surface area (Å²) in [6.45, 7) is 5.09. The Balaban J connectivity index is 1.87. The molecule has 0 saturated heterocycles. The van der Waals surface area contributed by atoms with Crippen LogP contribution in [0.2, 0.25) is 0 Å². The molecule has 0 aliphatic carbocycles. The molecule has 1 aromatic heterocycles. The number of thiocarbonyl (C=S) groups is 1. The predicted molar refractivity (Wildman–Crippen MR) is 78.7 cm³/mol. The molecular weight excluding hydrogens is 244 g/mol. The van der Waals surface area contributed by atoms with Crippen LogP contribution in [0.25, 0.3) is 11.0 Å². The quantitative estimate of drug-likeness (QED) is 0.640. The molecule has 1 aromatic carbocycles. The van der Waals surface area contributed by atoms with E-state index in [1.54, 1.807) is 6.08 Å². The lowest BCUT2D eigenvalue weighted by molar-refractivity contribution is 0.609. The van der Waals surface area contributed by atoms with Crippen molar-refractivity contribution in [3.05, 3.63) is 48.7 Å². The summed E-state index contributed by atoms with van der Waals surface area (Å²) in [6.07, 6.45) is 4.47. The number of rotatable bonds is 5. The topological polar surface area (TPSA) is 37.2 Å². The van der Waals surface area contributed by atoms with Gasteiger partial charge < -0.3 is 15.1 Å². The van der Waals surface area contributed by atoms with Crippen molar-refractivity contribution in [3.8, 4) is 0 Å². The van der Waals surface area contributed by atoms with E-state index in [1.807, 2.05) is 24.5 Å². The van der Waals surface area contributed by atoms with Crippen LogP contribution in [-0.2, 0) is 6.42 Å². The minimum atomic E-state index is 0.655. The number of hydrogen-bond donors (Lipinski definition) is 2. The predicted octanol–water partition coefficient (Wildman–Crippen LogP) is 2.63. The Kier molecular flexibility index (Phi) is 4.36. The summed E-state index contributed by atoms with van der Waals surface area (Å²) in [4.78, 5) is 0. The van der Waals surface area contributed by atoms with Gasteiger partial charge in [-0.1, -0.05) is 24.3 Å². The summed E-state index contributed by atoms with van der Waals surface area (Å²) >= 11 is 5.12. The first-order valence-corrected chi connectivity index (χ1v) is 6.30. The van der Waals surface area contributed by atoms with E-state index in [9.17, 15) is 0 Å². The summed E-state index contributed by atoms with van der Waals surface area (Å²) in [5.41, 5.74) is 2.13. The van der Waals surface area contributed by atoms with Gasteiger partial charge in [0.15, 0.2) is 5.11 Å². The van der Waals surface area contributed by atoms with Gasteiger partial charge in [-0.15, -0.1) is 6.58 Å². The third-order valence-corrected chi connectivity index (χ3v) is 2.94. The molecule has 2 rings (SSSR count). The Hall–Kier alpha value is -1.81. The molecule has 0 spiro atoms. The monoisotopic (exact) mass is 260 g/mol. The smallest absolute Gasteiger partial charge is 0.166 e.